The minimum Gasteiger partial charge on any atom is -0.339 e. The van der Waals surface area contributed by atoms with Crippen molar-refractivity contribution in [1.82, 2.24) is 15.5 Å². The maximum atomic E-state index is 13.2. The third-order valence-electron chi connectivity index (χ3n) is 2.97. The largest absolute Gasteiger partial charge is 0.339 e. The molecule has 1 N–H and O–H groups in total. The summed E-state index contributed by atoms with van der Waals surface area (Å²) >= 11 is 3.14. The highest BCUT2D eigenvalue weighted by molar-refractivity contribution is 9.10. The third kappa shape index (κ3) is 3.39. The Labute approximate surface area is 119 Å². The molecule has 102 valence electrons. The van der Waals surface area contributed by atoms with E-state index < -0.39 is 0 Å². The van der Waals surface area contributed by atoms with Crippen LogP contribution in [0.4, 0.5) is 4.39 Å². The lowest BCUT2D eigenvalue weighted by Crippen LogP contribution is -2.26. The number of aromatic nitrogens is 2. The highest BCUT2D eigenvalue weighted by Gasteiger charge is 2.13. The zero-order chi connectivity index (χ0) is 13.8. The Morgan fingerprint density at radius 1 is 1.47 bits per heavy atom. The molecule has 1 aromatic heterocycles. The van der Waals surface area contributed by atoms with E-state index in [0.29, 0.717) is 28.7 Å². The third-order valence-corrected chi connectivity index (χ3v) is 3.58. The number of rotatable bonds is 5. The highest BCUT2D eigenvalue weighted by atomic mass is 79.9. The molecule has 1 atom stereocenters. The van der Waals surface area contributed by atoms with Crippen molar-refractivity contribution in [1.29, 1.82) is 0 Å². The molecule has 0 aliphatic rings. The molecule has 1 heterocycles. The summed E-state index contributed by atoms with van der Waals surface area (Å²) in [5.41, 5.74) is 0.723. The summed E-state index contributed by atoms with van der Waals surface area (Å²) < 4.78 is 18.8. The van der Waals surface area contributed by atoms with E-state index in [1.54, 1.807) is 12.1 Å². The van der Waals surface area contributed by atoms with E-state index in [9.17, 15) is 4.39 Å². The van der Waals surface area contributed by atoms with E-state index in [0.717, 1.165) is 12.0 Å². The van der Waals surface area contributed by atoms with Crippen molar-refractivity contribution in [3.05, 3.63) is 34.4 Å². The summed E-state index contributed by atoms with van der Waals surface area (Å²) in [5, 5.41) is 7.10. The molecule has 0 spiro atoms. The molecule has 0 saturated heterocycles. The lowest BCUT2D eigenvalue weighted by molar-refractivity contribution is 0.359. The first-order valence-corrected chi connectivity index (χ1v) is 6.88. The lowest BCUT2D eigenvalue weighted by Gasteiger charge is -2.09. The van der Waals surface area contributed by atoms with Crippen LogP contribution in [0.15, 0.2) is 27.2 Å². The quantitative estimate of drug-likeness (QED) is 0.916. The molecule has 0 amide bonds. The first-order valence-electron chi connectivity index (χ1n) is 6.09. The molecule has 2 aromatic rings. The molecule has 0 radical (unpaired) electrons. The van der Waals surface area contributed by atoms with Gasteiger partial charge in [-0.1, -0.05) is 12.1 Å². The van der Waals surface area contributed by atoms with Crippen molar-refractivity contribution >= 4 is 15.9 Å². The van der Waals surface area contributed by atoms with Gasteiger partial charge in [-0.3, -0.25) is 0 Å². The number of nitrogens with one attached hydrogen (secondary N) is 1. The lowest BCUT2D eigenvalue weighted by atomic mass is 10.1. The number of hydrogen-bond acceptors (Lipinski definition) is 4. The maximum Gasteiger partial charge on any atom is 0.228 e. The Hall–Kier alpha value is -1.27. The molecule has 6 heteroatoms. The van der Waals surface area contributed by atoms with Crippen LogP contribution in [-0.2, 0) is 6.42 Å². The van der Waals surface area contributed by atoms with E-state index in [-0.39, 0.29) is 5.82 Å². The smallest absolute Gasteiger partial charge is 0.228 e. The van der Waals surface area contributed by atoms with Gasteiger partial charge in [0.2, 0.25) is 11.7 Å². The summed E-state index contributed by atoms with van der Waals surface area (Å²) in [7, 11) is 1.91. The summed E-state index contributed by atoms with van der Waals surface area (Å²) in [6, 6.07) is 4.95. The van der Waals surface area contributed by atoms with Gasteiger partial charge in [-0.15, -0.1) is 0 Å². The molecular formula is C13H15BrFN3O. The second-order valence-electron chi connectivity index (χ2n) is 4.24. The van der Waals surface area contributed by atoms with Crippen molar-refractivity contribution in [2.24, 2.45) is 0 Å². The van der Waals surface area contributed by atoms with E-state index in [4.69, 9.17) is 4.52 Å². The van der Waals surface area contributed by atoms with Gasteiger partial charge in [0.25, 0.3) is 0 Å². The molecule has 4 nitrogen and oxygen atoms in total. The molecule has 0 aliphatic carbocycles. The van der Waals surface area contributed by atoms with Crippen LogP contribution in [-0.4, -0.2) is 23.2 Å². The van der Waals surface area contributed by atoms with Gasteiger partial charge in [0.1, 0.15) is 5.82 Å². The number of nitrogens with zero attached hydrogens (tertiary/aromatic N) is 2. The SMILES string of the molecule is CCC(Cc1nc(-c2ccc(F)c(Br)c2)no1)NC. The fourth-order valence-corrected chi connectivity index (χ4v) is 2.13. The molecule has 0 saturated carbocycles. The van der Waals surface area contributed by atoms with Gasteiger partial charge in [0.05, 0.1) is 4.47 Å². The number of likely N-dealkylation sites (N-methyl/N-ethyl adjacent to an activating group) is 1. The van der Waals surface area contributed by atoms with Gasteiger partial charge in [0, 0.05) is 18.0 Å². The van der Waals surface area contributed by atoms with Crippen LogP contribution in [0.1, 0.15) is 19.2 Å². The predicted molar refractivity (Wildman–Crippen MR) is 74.2 cm³/mol. The van der Waals surface area contributed by atoms with Crippen LogP contribution >= 0.6 is 15.9 Å². The molecule has 0 bridgehead atoms. The van der Waals surface area contributed by atoms with Crippen molar-refractivity contribution in [3.8, 4) is 11.4 Å². The maximum absolute atomic E-state index is 13.2. The second-order valence-corrected chi connectivity index (χ2v) is 5.09. The molecular weight excluding hydrogens is 313 g/mol. The molecule has 1 aromatic carbocycles. The van der Waals surface area contributed by atoms with Gasteiger partial charge >= 0.3 is 0 Å². The Morgan fingerprint density at radius 2 is 2.26 bits per heavy atom. The number of benzene rings is 1. The van der Waals surface area contributed by atoms with Crippen molar-refractivity contribution < 1.29 is 8.91 Å². The van der Waals surface area contributed by atoms with Crippen LogP contribution in [0.25, 0.3) is 11.4 Å². The van der Waals surface area contributed by atoms with E-state index >= 15 is 0 Å². The first kappa shape index (κ1) is 14.1. The molecule has 2 rings (SSSR count). The molecule has 0 fully saturated rings. The number of hydrogen-bond donors (Lipinski definition) is 1. The Bertz CT molecular complexity index is 555. The minimum absolute atomic E-state index is 0.311. The van der Waals surface area contributed by atoms with E-state index in [1.807, 2.05) is 7.05 Å². The van der Waals surface area contributed by atoms with Gasteiger partial charge in [-0.25, -0.2) is 4.39 Å². The predicted octanol–water partition coefficient (Wildman–Crippen LogP) is 3.18. The van der Waals surface area contributed by atoms with Crippen LogP contribution in [0.3, 0.4) is 0 Å². The van der Waals surface area contributed by atoms with Crippen molar-refractivity contribution in [2.75, 3.05) is 7.05 Å². The Kier molecular flexibility index (Phi) is 4.66. The standard InChI is InChI=1S/C13H15BrFN3O/c1-3-9(16-2)7-12-17-13(18-19-12)8-4-5-11(15)10(14)6-8/h4-6,9,16H,3,7H2,1-2H3. The minimum atomic E-state index is -0.311. The number of halogens is 2. The van der Waals surface area contributed by atoms with Gasteiger partial charge < -0.3 is 9.84 Å². The zero-order valence-electron chi connectivity index (χ0n) is 10.8. The molecule has 19 heavy (non-hydrogen) atoms. The Balaban J connectivity index is 2.18. The summed E-state index contributed by atoms with van der Waals surface area (Å²) in [6.07, 6.45) is 1.67. The van der Waals surface area contributed by atoms with Crippen LogP contribution in [0.2, 0.25) is 0 Å². The second kappa shape index (κ2) is 6.25. The van der Waals surface area contributed by atoms with Crippen LogP contribution < -0.4 is 5.32 Å². The van der Waals surface area contributed by atoms with Crippen LogP contribution in [0.5, 0.6) is 0 Å². The summed E-state index contributed by atoms with van der Waals surface area (Å²) in [5.74, 6) is 0.743. The van der Waals surface area contributed by atoms with Crippen molar-refractivity contribution in [2.45, 2.75) is 25.8 Å². The van der Waals surface area contributed by atoms with Crippen LogP contribution in [0, 0.1) is 5.82 Å². The van der Waals surface area contributed by atoms with Gasteiger partial charge in [0.15, 0.2) is 0 Å². The fourth-order valence-electron chi connectivity index (χ4n) is 1.75. The summed E-state index contributed by atoms with van der Waals surface area (Å²) in [4.78, 5) is 4.33. The average Bonchev–Trinajstić information content (AvgIpc) is 2.87. The molecule has 1 unspecified atom stereocenters. The normalized spacial score (nSPS) is 12.6. The topological polar surface area (TPSA) is 51.0 Å². The Morgan fingerprint density at radius 3 is 2.89 bits per heavy atom. The fraction of sp³-hybridized carbons (Fsp3) is 0.385. The van der Waals surface area contributed by atoms with Gasteiger partial charge in [-0.2, -0.15) is 4.98 Å². The van der Waals surface area contributed by atoms with Gasteiger partial charge in [-0.05, 0) is 47.6 Å². The zero-order valence-corrected chi connectivity index (χ0v) is 12.4. The average molecular weight is 328 g/mol. The first-order chi connectivity index (χ1) is 9.13. The van der Waals surface area contributed by atoms with E-state index in [2.05, 4.69) is 38.3 Å². The summed E-state index contributed by atoms with van der Waals surface area (Å²) in [6.45, 7) is 2.09. The molecule has 0 aliphatic heterocycles. The van der Waals surface area contributed by atoms with Crippen molar-refractivity contribution in [3.63, 3.8) is 0 Å². The highest BCUT2D eigenvalue weighted by Crippen LogP contribution is 2.23. The monoisotopic (exact) mass is 327 g/mol. The van der Waals surface area contributed by atoms with E-state index in [1.165, 1.54) is 6.07 Å².